The SMILES string of the molecule is CC.COc1ccc(C(=O)/C=C/c2cccc(C#N)c2)c(OC)c1OC. The minimum absolute atomic E-state index is 0.241. The first kappa shape index (κ1) is 20.8. The second-order valence-electron chi connectivity index (χ2n) is 4.82. The van der Waals surface area contributed by atoms with Gasteiger partial charge in [-0.25, -0.2) is 0 Å². The van der Waals surface area contributed by atoms with Crippen molar-refractivity contribution < 1.29 is 19.0 Å². The van der Waals surface area contributed by atoms with E-state index in [4.69, 9.17) is 19.5 Å². The zero-order valence-electron chi connectivity index (χ0n) is 15.7. The lowest BCUT2D eigenvalue weighted by molar-refractivity contribution is 0.104. The maximum atomic E-state index is 12.5. The standard InChI is InChI=1S/C19H17NO4.C2H6/c1-22-17-10-8-15(18(23-2)19(17)24-3)16(21)9-7-13-5-4-6-14(11-13)12-20;1-2/h4-11H,1-3H3;1-2H3/b9-7+;. The molecule has 0 aliphatic carbocycles. The predicted octanol–water partition coefficient (Wildman–Crippen LogP) is 4.51. The van der Waals surface area contributed by atoms with Gasteiger partial charge in [-0.1, -0.05) is 32.1 Å². The summed E-state index contributed by atoms with van der Waals surface area (Å²) in [5, 5.41) is 8.91. The molecule has 0 amide bonds. The smallest absolute Gasteiger partial charge is 0.204 e. The van der Waals surface area contributed by atoms with Crippen LogP contribution in [-0.2, 0) is 0 Å². The van der Waals surface area contributed by atoms with Crippen LogP contribution in [0.25, 0.3) is 6.08 Å². The predicted molar refractivity (Wildman–Crippen MR) is 102 cm³/mol. The number of ether oxygens (including phenoxy) is 3. The Bertz CT molecular complexity index is 819. The minimum Gasteiger partial charge on any atom is -0.493 e. The summed E-state index contributed by atoms with van der Waals surface area (Å²) in [6.07, 6.45) is 3.08. The van der Waals surface area contributed by atoms with Crippen molar-refractivity contribution in [3.63, 3.8) is 0 Å². The summed E-state index contributed by atoms with van der Waals surface area (Å²) >= 11 is 0. The fourth-order valence-electron chi connectivity index (χ4n) is 2.27. The average molecular weight is 353 g/mol. The van der Waals surface area contributed by atoms with Crippen molar-refractivity contribution in [3.05, 3.63) is 59.2 Å². The molecule has 5 heteroatoms. The number of nitriles is 1. The van der Waals surface area contributed by atoms with Crippen LogP contribution in [0.15, 0.2) is 42.5 Å². The minimum atomic E-state index is -0.241. The first-order valence-electron chi connectivity index (χ1n) is 8.16. The van der Waals surface area contributed by atoms with Gasteiger partial charge in [0, 0.05) is 0 Å². The lowest BCUT2D eigenvalue weighted by Crippen LogP contribution is -2.02. The third kappa shape index (κ3) is 4.87. The number of carbonyl (C=O) groups excluding carboxylic acids is 1. The van der Waals surface area contributed by atoms with E-state index in [1.807, 2.05) is 19.9 Å². The first-order valence-corrected chi connectivity index (χ1v) is 8.16. The van der Waals surface area contributed by atoms with E-state index in [0.717, 1.165) is 5.56 Å². The molecule has 2 rings (SSSR count). The van der Waals surface area contributed by atoms with E-state index >= 15 is 0 Å². The number of allylic oxidation sites excluding steroid dienone is 1. The molecule has 136 valence electrons. The molecule has 26 heavy (non-hydrogen) atoms. The second-order valence-corrected chi connectivity index (χ2v) is 4.82. The maximum absolute atomic E-state index is 12.5. The van der Waals surface area contributed by atoms with Crippen LogP contribution in [0.3, 0.4) is 0 Å². The van der Waals surface area contributed by atoms with Crippen LogP contribution in [0.4, 0.5) is 0 Å². The molecule has 0 spiro atoms. The number of nitrogens with zero attached hydrogens (tertiary/aromatic N) is 1. The summed E-state index contributed by atoms with van der Waals surface area (Å²) < 4.78 is 15.8. The van der Waals surface area contributed by atoms with Crippen molar-refractivity contribution in [2.24, 2.45) is 0 Å². The summed E-state index contributed by atoms with van der Waals surface area (Å²) in [5.41, 5.74) is 1.66. The van der Waals surface area contributed by atoms with Crippen molar-refractivity contribution in [3.8, 4) is 23.3 Å². The number of hydrogen-bond donors (Lipinski definition) is 0. The summed E-state index contributed by atoms with van der Waals surface area (Å²) in [7, 11) is 4.47. The fraction of sp³-hybridized carbons (Fsp3) is 0.238. The van der Waals surface area contributed by atoms with Gasteiger partial charge in [0.25, 0.3) is 0 Å². The van der Waals surface area contributed by atoms with E-state index < -0.39 is 0 Å². The molecule has 5 nitrogen and oxygen atoms in total. The largest absolute Gasteiger partial charge is 0.493 e. The molecular weight excluding hydrogens is 330 g/mol. The van der Waals surface area contributed by atoms with Gasteiger partial charge >= 0.3 is 0 Å². The Kier molecular flexibility index (Phi) is 8.45. The molecule has 0 saturated carbocycles. The van der Waals surface area contributed by atoms with Gasteiger partial charge in [-0.15, -0.1) is 0 Å². The van der Waals surface area contributed by atoms with E-state index in [-0.39, 0.29) is 5.78 Å². The average Bonchev–Trinajstić information content (AvgIpc) is 2.72. The quantitative estimate of drug-likeness (QED) is 0.565. The molecule has 2 aromatic carbocycles. The fourth-order valence-corrected chi connectivity index (χ4v) is 2.27. The Hall–Kier alpha value is -3.26. The van der Waals surface area contributed by atoms with Crippen LogP contribution in [0.1, 0.15) is 35.3 Å². The van der Waals surface area contributed by atoms with Crippen molar-refractivity contribution in [2.75, 3.05) is 21.3 Å². The van der Waals surface area contributed by atoms with Gasteiger partial charge in [-0.3, -0.25) is 4.79 Å². The van der Waals surface area contributed by atoms with Gasteiger partial charge < -0.3 is 14.2 Å². The molecular formula is C21H23NO4. The highest BCUT2D eigenvalue weighted by molar-refractivity contribution is 6.09. The Morgan fingerprint density at radius 3 is 2.27 bits per heavy atom. The lowest BCUT2D eigenvalue weighted by Gasteiger charge is -2.14. The molecule has 0 saturated heterocycles. The highest BCUT2D eigenvalue weighted by Gasteiger charge is 2.19. The summed E-state index contributed by atoms with van der Waals surface area (Å²) in [6, 6.07) is 12.3. The Balaban J connectivity index is 0.00000163. The summed E-state index contributed by atoms with van der Waals surface area (Å²) in [6.45, 7) is 4.00. The number of benzene rings is 2. The van der Waals surface area contributed by atoms with Crippen LogP contribution >= 0.6 is 0 Å². The van der Waals surface area contributed by atoms with Crippen molar-refractivity contribution in [2.45, 2.75) is 13.8 Å². The van der Waals surface area contributed by atoms with Gasteiger partial charge in [0.05, 0.1) is 38.5 Å². The van der Waals surface area contributed by atoms with Gasteiger partial charge in [0.15, 0.2) is 17.3 Å². The van der Waals surface area contributed by atoms with Gasteiger partial charge in [-0.05, 0) is 35.9 Å². The second kappa shape index (κ2) is 10.6. The summed E-state index contributed by atoms with van der Waals surface area (Å²) in [4.78, 5) is 12.5. The van der Waals surface area contributed by atoms with Gasteiger partial charge in [0.1, 0.15) is 0 Å². The van der Waals surface area contributed by atoms with Crippen LogP contribution in [0, 0.1) is 11.3 Å². The summed E-state index contributed by atoms with van der Waals surface area (Å²) in [5.74, 6) is 0.926. The Morgan fingerprint density at radius 1 is 1.00 bits per heavy atom. The number of rotatable bonds is 6. The zero-order chi connectivity index (χ0) is 19.5. The normalized spacial score (nSPS) is 9.69. The van der Waals surface area contributed by atoms with Gasteiger partial charge in [-0.2, -0.15) is 5.26 Å². The number of carbonyl (C=O) groups is 1. The van der Waals surface area contributed by atoms with Gasteiger partial charge in [0.2, 0.25) is 5.75 Å². The van der Waals surface area contributed by atoms with Crippen molar-refractivity contribution in [1.82, 2.24) is 0 Å². The molecule has 0 N–H and O–H groups in total. The van der Waals surface area contributed by atoms with E-state index in [9.17, 15) is 4.79 Å². The Morgan fingerprint density at radius 2 is 1.69 bits per heavy atom. The highest BCUT2D eigenvalue weighted by atomic mass is 16.5. The molecule has 0 aliphatic heterocycles. The molecule has 0 atom stereocenters. The van der Waals surface area contributed by atoms with Crippen molar-refractivity contribution >= 4 is 11.9 Å². The van der Waals surface area contributed by atoms with E-state index in [2.05, 4.69) is 6.07 Å². The van der Waals surface area contributed by atoms with Crippen LogP contribution < -0.4 is 14.2 Å². The molecule has 0 aliphatic rings. The third-order valence-electron chi connectivity index (χ3n) is 3.41. The lowest BCUT2D eigenvalue weighted by atomic mass is 10.1. The zero-order valence-corrected chi connectivity index (χ0v) is 15.7. The monoisotopic (exact) mass is 353 g/mol. The van der Waals surface area contributed by atoms with E-state index in [1.54, 1.807) is 36.4 Å². The molecule has 0 unspecified atom stereocenters. The molecule has 0 radical (unpaired) electrons. The van der Waals surface area contributed by atoms with Crippen molar-refractivity contribution in [1.29, 1.82) is 5.26 Å². The Labute approximate surface area is 154 Å². The molecule has 2 aromatic rings. The molecule has 0 fully saturated rings. The van der Waals surface area contributed by atoms with Crippen LogP contribution in [0.2, 0.25) is 0 Å². The molecule has 0 aromatic heterocycles. The number of methoxy groups -OCH3 is 3. The van der Waals surface area contributed by atoms with Crippen LogP contribution in [-0.4, -0.2) is 27.1 Å². The first-order chi connectivity index (χ1) is 12.6. The maximum Gasteiger partial charge on any atom is 0.204 e. The number of hydrogen-bond acceptors (Lipinski definition) is 5. The number of ketones is 1. The van der Waals surface area contributed by atoms with E-state index in [1.165, 1.54) is 27.4 Å². The van der Waals surface area contributed by atoms with E-state index in [0.29, 0.717) is 28.4 Å². The highest BCUT2D eigenvalue weighted by Crippen LogP contribution is 2.40. The van der Waals surface area contributed by atoms with Crippen LogP contribution in [0.5, 0.6) is 17.2 Å². The topological polar surface area (TPSA) is 68.6 Å². The molecule has 0 heterocycles. The third-order valence-corrected chi connectivity index (χ3v) is 3.41. The molecule has 0 bridgehead atoms.